The van der Waals surface area contributed by atoms with Gasteiger partial charge < -0.3 is 20.3 Å². The highest BCUT2D eigenvalue weighted by atomic mass is 16.5. The molecule has 0 saturated carbocycles. The zero-order valence-electron chi connectivity index (χ0n) is 47.0. The molecule has 6 heteroatoms. The van der Waals surface area contributed by atoms with Crippen molar-refractivity contribution < 1.29 is 24.5 Å². The summed E-state index contributed by atoms with van der Waals surface area (Å²) in [6.45, 7) is 4.90. The number of esters is 1. The van der Waals surface area contributed by atoms with Crippen molar-refractivity contribution >= 4 is 11.9 Å². The maximum absolute atomic E-state index is 12.4. The Labute approximate surface area is 436 Å². The molecule has 0 fully saturated rings. The Balaban J connectivity index is 3.36. The molecule has 1 amide bonds. The molecule has 2 atom stereocenters. The fraction of sp³-hybridized carbons (Fsp3) is 0.875. The Kier molecular flexibility index (Phi) is 58.0. The van der Waals surface area contributed by atoms with Crippen molar-refractivity contribution in [1.29, 1.82) is 0 Å². The highest BCUT2D eigenvalue weighted by molar-refractivity contribution is 5.76. The molecule has 6 nitrogen and oxygen atoms in total. The van der Waals surface area contributed by atoms with Crippen molar-refractivity contribution in [3.63, 3.8) is 0 Å². The smallest absolute Gasteiger partial charge is 0.305 e. The second kappa shape index (κ2) is 59.6. The van der Waals surface area contributed by atoms with Crippen LogP contribution in [0.4, 0.5) is 0 Å². The summed E-state index contributed by atoms with van der Waals surface area (Å²) < 4.78 is 5.46. The van der Waals surface area contributed by atoms with Gasteiger partial charge in [-0.25, -0.2) is 0 Å². The highest BCUT2D eigenvalue weighted by Crippen LogP contribution is 2.17. The lowest BCUT2D eigenvalue weighted by atomic mass is 10.0. The van der Waals surface area contributed by atoms with Crippen LogP contribution in [0.1, 0.15) is 335 Å². The van der Waals surface area contributed by atoms with Crippen molar-refractivity contribution in [1.82, 2.24) is 5.32 Å². The number of carbonyl (C=O) groups excluding carboxylic acids is 2. The molecule has 412 valence electrons. The largest absolute Gasteiger partial charge is 0.466 e. The molecular formula is C64H121NO5. The van der Waals surface area contributed by atoms with Crippen LogP contribution in [0.15, 0.2) is 36.5 Å². The molecular weight excluding hydrogens is 863 g/mol. The van der Waals surface area contributed by atoms with Crippen molar-refractivity contribution in [2.45, 2.75) is 347 Å². The van der Waals surface area contributed by atoms with Crippen LogP contribution in [-0.2, 0) is 14.3 Å². The van der Waals surface area contributed by atoms with Gasteiger partial charge in [0.25, 0.3) is 0 Å². The predicted octanol–water partition coefficient (Wildman–Crippen LogP) is 19.6. The number of ether oxygens (including phenoxy) is 1. The quantitative estimate of drug-likeness (QED) is 0.0321. The van der Waals surface area contributed by atoms with Gasteiger partial charge in [-0.05, 0) is 77.0 Å². The number of unbranched alkanes of at least 4 members (excludes halogenated alkanes) is 41. The van der Waals surface area contributed by atoms with Crippen LogP contribution in [0, 0.1) is 0 Å². The van der Waals surface area contributed by atoms with Gasteiger partial charge in [0.1, 0.15) is 0 Å². The number of aliphatic hydroxyl groups excluding tert-OH is 2. The minimum Gasteiger partial charge on any atom is -0.466 e. The Morgan fingerprint density at radius 3 is 1.14 bits per heavy atom. The zero-order chi connectivity index (χ0) is 50.7. The molecule has 0 bridgehead atoms. The van der Waals surface area contributed by atoms with Gasteiger partial charge in [0, 0.05) is 12.8 Å². The summed E-state index contributed by atoms with van der Waals surface area (Å²) in [5.74, 6) is -0.0320. The van der Waals surface area contributed by atoms with E-state index in [1.165, 1.54) is 250 Å². The number of nitrogens with one attached hydrogen (secondary N) is 1. The van der Waals surface area contributed by atoms with E-state index >= 15 is 0 Å². The number of hydrogen-bond donors (Lipinski definition) is 3. The van der Waals surface area contributed by atoms with E-state index in [0.29, 0.717) is 25.9 Å². The molecule has 2 unspecified atom stereocenters. The number of hydrogen-bond acceptors (Lipinski definition) is 5. The van der Waals surface area contributed by atoms with Gasteiger partial charge in [0.05, 0.1) is 25.4 Å². The first-order valence-corrected chi connectivity index (χ1v) is 31.2. The maximum atomic E-state index is 12.4. The molecule has 0 aromatic heterocycles. The van der Waals surface area contributed by atoms with Crippen molar-refractivity contribution in [2.24, 2.45) is 0 Å². The maximum Gasteiger partial charge on any atom is 0.305 e. The van der Waals surface area contributed by atoms with E-state index in [1.807, 2.05) is 0 Å². The third kappa shape index (κ3) is 55.4. The van der Waals surface area contributed by atoms with Crippen molar-refractivity contribution in [3.8, 4) is 0 Å². The predicted molar refractivity (Wildman–Crippen MR) is 306 cm³/mol. The first-order chi connectivity index (χ1) is 34.5. The number of rotatable bonds is 58. The van der Waals surface area contributed by atoms with Gasteiger partial charge >= 0.3 is 5.97 Å². The summed E-state index contributed by atoms with van der Waals surface area (Å²) in [7, 11) is 0. The third-order valence-electron chi connectivity index (χ3n) is 14.4. The van der Waals surface area contributed by atoms with Gasteiger partial charge in [0.15, 0.2) is 0 Å². The summed E-state index contributed by atoms with van der Waals surface area (Å²) in [5.41, 5.74) is 0. The SMILES string of the molecule is CCCC/C=C\CCCCCCCC(=O)OCCCCCCCCCCC/C=C\C/C=C\CCCCCCCCCCCCCCCCCCCC(=O)NC(CO)C(O)CCCCCCCCCCC. The summed E-state index contributed by atoms with van der Waals surface area (Å²) in [6.07, 6.45) is 74.7. The van der Waals surface area contributed by atoms with E-state index in [4.69, 9.17) is 4.74 Å². The molecule has 0 aliphatic rings. The van der Waals surface area contributed by atoms with Crippen LogP contribution in [0.2, 0.25) is 0 Å². The van der Waals surface area contributed by atoms with Crippen LogP contribution >= 0.6 is 0 Å². The Hall–Kier alpha value is -1.92. The van der Waals surface area contributed by atoms with Crippen LogP contribution in [-0.4, -0.2) is 47.4 Å². The topological polar surface area (TPSA) is 95.9 Å². The average Bonchev–Trinajstić information content (AvgIpc) is 3.36. The normalized spacial score (nSPS) is 12.8. The molecule has 0 aromatic carbocycles. The molecule has 3 N–H and O–H groups in total. The summed E-state index contributed by atoms with van der Waals surface area (Å²) >= 11 is 0. The lowest BCUT2D eigenvalue weighted by Crippen LogP contribution is -2.45. The average molecular weight is 985 g/mol. The third-order valence-corrected chi connectivity index (χ3v) is 14.4. The van der Waals surface area contributed by atoms with Crippen LogP contribution in [0.25, 0.3) is 0 Å². The molecule has 0 heterocycles. The summed E-state index contributed by atoms with van der Waals surface area (Å²) in [5, 5.41) is 23.1. The summed E-state index contributed by atoms with van der Waals surface area (Å²) in [4.78, 5) is 24.4. The van der Waals surface area contributed by atoms with Crippen LogP contribution in [0.3, 0.4) is 0 Å². The number of aliphatic hydroxyl groups is 2. The number of carbonyl (C=O) groups is 2. The highest BCUT2D eigenvalue weighted by Gasteiger charge is 2.20. The van der Waals surface area contributed by atoms with Crippen molar-refractivity contribution in [3.05, 3.63) is 36.5 Å². The molecule has 0 aromatic rings. The Morgan fingerprint density at radius 1 is 0.400 bits per heavy atom. The Morgan fingerprint density at radius 2 is 0.729 bits per heavy atom. The summed E-state index contributed by atoms with van der Waals surface area (Å²) in [6, 6.07) is -0.538. The number of amides is 1. The fourth-order valence-electron chi connectivity index (χ4n) is 9.59. The molecule has 0 spiro atoms. The standard InChI is InChI=1S/C64H121NO5/c1-3-5-7-9-11-13-37-42-46-50-54-58-64(69)70-59-55-51-47-43-39-36-34-32-30-28-26-24-22-20-18-16-14-15-17-19-21-23-25-27-29-31-33-35-38-41-45-49-53-57-63(68)65-61(60-66)62(67)56-52-48-44-40-12-10-8-6-4-2/h9,11,18,20,24,26,61-62,66-67H,3-8,10,12-17,19,21-23,25,27-60H2,1-2H3,(H,65,68)/b11-9-,20-18-,26-24-. The lowest BCUT2D eigenvalue weighted by Gasteiger charge is -2.22. The van der Waals surface area contributed by atoms with E-state index in [9.17, 15) is 19.8 Å². The van der Waals surface area contributed by atoms with Gasteiger partial charge in [-0.3, -0.25) is 9.59 Å². The van der Waals surface area contributed by atoms with Crippen LogP contribution < -0.4 is 5.32 Å². The van der Waals surface area contributed by atoms with Gasteiger partial charge in [-0.2, -0.15) is 0 Å². The first kappa shape index (κ1) is 68.1. The molecule has 0 aliphatic carbocycles. The minimum atomic E-state index is -0.660. The Bertz CT molecular complexity index is 1130. The van der Waals surface area contributed by atoms with Gasteiger partial charge in [-0.15, -0.1) is 0 Å². The molecule has 0 radical (unpaired) electrons. The van der Waals surface area contributed by atoms with Crippen LogP contribution in [0.5, 0.6) is 0 Å². The lowest BCUT2D eigenvalue weighted by molar-refractivity contribution is -0.143. The molecule has 0 aliphatic heterocycles. The fourth-order valence-corrected chi connectivity index (χ4v) is 9.59. The minimum absolute atomic E-state index is 0.00280. The second-order valence-electron chi connectivity index (χ2n) is 21.4. The van der Waals surface area contributed by atoms with Gasteiger partial charge in [-0.1, -0.05) is 281 Å². The first-order valence-electron chi connectivity index (χ1n) is 31.2. The van der Waals surface area contributed by atoms with E-state index in [-0.39, 0.29) is 18.5 Å². The van der Waals surface area contributed by atoms with Crippen molar-refractivity contribution in [2.75, 3.05) is 13.2 Å². The second-order valence-corrected chi connectivity index (χ2v) is 21.4. The van der Waals surface area contributed by atoms with E-state index in [2.05, 4.69) is 55.6 Å². The monoisotopic (exact) mass is 984 g/mol. The van der Waals surface area contributed by atoms with E-state index < -0.39 is 12.1 Å². The van der Waals surface area contributed by atoms with E-state index in [0.717, 1.165) is 51.4 Å². The zero-order valence-corrected chi connectivity index (χ0v) is 47.0. The van der Waals surface area contributed by atoms with E-state index in [1.54, 1.807) is 0 Å². The number of allylic oxidation sites excluding steroid dienone is 6. The van der Waals surface area contributed by atoms with Gasteiger partial charge in [0.2, 0.25) is 5.91 Å². The molecule has 70 heavy (non-hydrogen) atoms. The molecule has 0 rings (SSSR count). The molecule has 0 saturated heterocycles.